The highest BCUT2D eigenvalue weighted by Gasteiger charge is 2.30. The first-order valence-electron chi connectivity index (χ1n) is 6.46. The van der Waals surface area contributed by atoms with Crippen molar-refractivity contribution in [1.29, 1.82) is 0 Å². The van der Waals surface area contributed by atoms with Crippen molar-refractivity contribution >= 4 is 46.6 Å². The highest BCUT2D eigenvalue weighted by Crippen LogP contribution is 2.26. The van der Waals surface area contributed by atoms with E-state index in [0.717, 1.165) is 6.42 Å². The third-order valence-electron chi connectivity index (χ3n) is 2.91. The lowest BCUT2D eigenvalue weighted by Gasteiger charge is -2.32. The minimum Gasteiger partial charge on any atom is -0.460 e. The first-order valence-corrected chi connectivity index (χ1v) is 7.59. The van der Waals surface area contributed by atoms with Crippen LogP contribution in [0.3, 0.4) is 0 Å². The molecule has 0 aliphatic carbocycles. The van der Waals surface area contributed by atoms with Gasteiger partial charge < -0.3 is 4.74 Å². The second-order valence-electron chi connectivity index (χ2n) is 5.09. The molecule has 1 atom stereocenters. The van der Waals surface area contributed by atoms with Crippen molar-refractivity contribution in [2.24, 2.45) is 5.92 Å². The van der Waals surface area contributed by atoms with Crippen LogP contribution in [0.5, 0.6) is 0 Å². The molecule has 1 N–H and O–H groups in total. The molecular weight excluding hydrogens is 327 g/mol. The lowest BCUT2D eigenvalue weighted by molar-refractivity contribution is -0.149. The van der Waals surface area contributed by atoms with E-state index in [4.69, 9.17) is 39.5 Å². The molecule has 0 aromatic carbocycles. The Morgan fingerprint density at radius 1 is 1.40 bits per heavy atom. The number of hydrazine groups is 1. The number of esters is 1. The van der Waals surface area contributed by atoms with Crippen molar-refractivity contribution in [3.63, 3.8) is 0 Å². The Hall–Kier alpha value is -0.0700. The van der Waals surface area contributed by atoms with Gasteiger partial charge in [-0.2, -0.15) is 0 Å². The minimum atomic E-state index is -1.61. The summed E-state index contributed by atoms with van der Waals surface area (Å²) in [5, 5.41) is 1.74. The van der Waals surface area contributed by atoms with E-state index in [0.29, 0.717) is 13.0 Å². The van der Waals surface area contributed by atoms with E-state index >= 15 is 0 Å². The summed E-state index contributed by atoms with van der Waals surface area (Å²) in [6.07, 6.45) is 1.43. The number of ether oxygens (including phenoxy) is 1. The Balaban J connectivity index is 2.44. The van der Waals surface area contributed by atoms with Crippen LogP contribution in [0, 0.1) is 5.92 Å². The third kappa shape index (κ3) is 6.59. The van der Waals surface area contributed by atoms with E-state index < -0.39 is 15.8 Å². The maximum absolute atomic E-state index is 11.8. The van der Waals surface area contributed by atoms with Crippen LogP contribution in [-0.2, 0) is 14.3 Å². The van der Waals surface area contributed by atoms with E-state index in [2.05, 4.69) is 5.43 Å². The number of Topliss-reactive ketones (excluding diaryl/α,β-unsaturated/α-hetero) is 1. The number of carbonyl (C=O) groups is 2. The minimum absolute atomic E-state index is 0.0338. The maximum atomic E-state index is 11.8. The largest absolute Gasteiger partial charge is 0.460 e. The molecule has 0 saturated carbocycles. The van der Waals surface area contributed by atoms with Crippen molar-refractivity contribution in [1.82, 2.24) is 10.4 Å². The summed E-state index contributed by atoms with van der Waals surface area (Å²) in [4.78, 5) is 23.5. The Morgan fingerprint density at radius 2 is 2.05 bits per heavy atom. The first kappa shape index (κ1) is 18.0. The monoisotopic (exact) mass is 344 g/mol. The van der Waals surface area contributed by atoms with Crippen molar-refractivity contribution < 1.29 is 14.3 Å². The summed E-state index contributed by atoms with van der Waals surface area (Å²) in [6, 6.07) is -0.504. The topological polar surface area (TPSA) is 58.6 Å². The molecule has 5 nitrogen and oxygen atoms in total. The second-order valence-corrected chi connectivity index (χ2v) is 7.61. The number of ketones is 1. The van der Waals surface area contributed by atoms with E-state index in [9.17, 15) is 9.59 Å². The summed E-state index contributed by atoms with van der Waals surface area (Å²) in [7, 11) is 0. The highest BCUT2D eigenvalue weighted by molar-refractivity contribution is 6.67. The Kier molecular flexibility index (Phi) is 7.01. The fourth-order valence-corrected chi connectivity index (χ4v) is 1.92. The quantitative estimate of drug-likeness (QED) is 0.611. The van der Waals surface area contributed by atoms with Gasteiger partial charge in [-0.05, 0) is 12.8 Å². The van der Waals surface area contributed by atoms with Gasteiger partial charge in [0.25, 0.3) is 0 Å². The van der Waals surface area contributed by atoms with Crippen LogP contribution in [-0.4, -0.2) is 46.3 Å². The highest BCUT2D eigenvalue weighted by atomic mass is 35.6. The SMILES string of the molecule is CC(C)C(=O)CN1CCCC(C(=O)OCC(Cl)(Cl)Cl)N1. The number of nitrogens with zero attached hydrogens (tertiary/aromatic N) is 1. The smallest absolute Gasteiger partial charge is 0.324 e. The fourth-order valence-electron chi connectivity index (χ4n) is 1.76. The zero-order chi connectivity index (χ0) is 15.3. The van der Waals surface area contributed by atoms with Gasteiger partial charge in [-0.3, -0.25) is 9.59 Å². The zero-order valence-electron chi connectivity index (χ0n) is 11.5. The average Bonchev–Trinajstić information content (AvgIpc) is 2.35. The summed E-state index contributed by atoms with van der Waals surface area (Å²) < 4.78 is 3.32. The number of hydrogen-bond acceptors (Lipinski definition) is 5. The lowest BCUT2D eigenvalue weighted by atomic mass is 10.1. The number of alkyl halides is 3. The normalized spacial score (nSPS) is 21.0. The predicted molar refractivity (Wildman–Crippen MR) is 78.8 cm³/mol. The summed E-state index contributed by atoms with van der Waals surface area (Å²) in [5.41, 5.74) is 2.98. The van der Waals surface area contributed by atoms with E-state index in [1.165, 1.54) is 0 Å². The van der Waals surface area contributed by atoms with Gasteiger partial charge >= 0.3 is 5.97 Å². The Bertz CT molecular complexity index is 358. The third-order valence-corrected chi connectivity index (χ3v) is 3.24. The molecule has 20 heavy (non-hydrogen) atoms. The van der Waals surface area contributed by atoms with Crippen LogP contribution in [0.25, 0.3) is 0 Å². The lowest BCUT2D eigenvalue weighted by Crippen LogP contribution is -2.55. The average molecular weight is 346 g/mol. The second kappa shape index (κ2) is 7.80. The Morgan fingerprint density at radius 3 is 2.60 bits per heavy atom. The van der Waals surface area contributed by atoms with Gasteiger partial charge in [-0.15, -0.1) is 0 Å². The molecule has 1 aliphatic heterocycles. The molecule has 0 spiro atoms. The summed E-state index contributed by atoms with van der Waals surface area (Å²) in [6.45, 7) is 4.39. The summed E-state index contributed by atoms with van der Waals surface area (Å²) >= 11 is 16.6. The van der Waals surface area contributed by atoms with E-state index in [1.54, 1.807) is 5.01 Å². The van der Waals surface area contributed by atoms with Crippen molar-refractivity contribution in [2.45, 2.75) is 36.5 Å². The molecule has 116 valence electrons. The molecular formula is C12H19Cl3N2O3. The van der Waals surface area contributed by atoms with Gasteiger partial charge in [0.2, 0.25) is 3.79 Å². The van der Waals surface area contributed by atoms with Crippen LogP contribution in [0.2, 0.25) is 0 Å². The van der Waals surface area contributed by atoms with Gasteiger partial charge in [0, 0.05) is 12.5 Å². The molecule has 1 rings (SSSR count). The fraction of sp³-hybridized carbons (Fsp3) is 0.833. The van der Waals surface area contributed by atoms with Gasteiger partial charge in [0.05, 0.1) is 6.54 Å². The van der Waals surface area contributed by atoms with Crippen molar-refractivity contribution in [3.05, 3.63) is 0 Å². The maximum Gasteiger partial charge on any atom is 0.324 e. The number of hydrogen-bond donors (Lipinski definition) is 1. The van der Waals surface area contributed by atoms with Crippen LogP contribution in [0.4, 0.5) is 0 Å². The van der Waals surface area contributed by atoms with Crippen LogP contribution < -0.4 is 5.43 Å². The number of carbonyl (C=O) groups excluding carboxylic acids is 2. The van der Waals surface area contributed by atoms with Crippen LogP contribution in [0.1, 0.15) is 26.7 Å². The molecule has 0 aromatic rings. The molecule has 0 radical (unpaired) electrons. The van der Waals surface area contributed by atoms with Crippen LogP contribution in [0.15, 0.2) is 0 Å². The van der Waals surface area contributed by atoms with Gasteiger partial charge in [0.1, 0.15) is 12.6 Å². The van der Waals surface area contributed by atoms with Gasteiger partial charge in [0.15, 0.2) is 5.78 Å². The molecule has 1 fully saturated rings. The molecule has 1 heterocycles. The zero-order valence-corrected chi connectivity index (χ0v) is 13.8. The Labute approximate surface area is 133 Å². The summed E-state index contributed by atoms with van der Waals surface area (Å²) in [5.74, 6) is -0.390. The van der Waals surface area contributed by atoms with Gasteiger partial charge in [-0.25, -0.2) is 10.4 Å². The molecule has 8 heteroatoms. The molecule has 1 saturated heterocycles. The molecule has 1 aliphatic rings. The van der Waals surface area contributed by atoms with Crippen LogP contribution >= 0.6 is 34.8 Å². The van der Waals surface area contributed by atoms with Gasteiger partial charge in [-0.1, -0.05) is 48.7 Å². The van der Waals surface area contributed by atoms with E-state index in [1.807, 2.05) is 13.8 Å². The molecule has 1 unspecified atom stereocenters. The molecule has 0 bridgehead atoms. The van der Waals surface area contributed by atoms with E-state index in [-0.39, 0.29) is 24.9 Å². The number of nitrogens with one attached hydrogen (secondary N) is 1. The molecule has 0 amide bonds. The standard InChI is InChI=1S/C12H19Cl3N2O3/c1-8(2)10(18)6-17-5-3-4-9(16-17)11(19)20-7-12(13,14)15/h8-9,16H,3-7H2,1-2H3. The first-order chi connectivity index (χ1) is 9.19. The van der Waals surface area contributed by atoms with Crippen molar-refractivity contribution in [3.8, 4) is 0 Å². The number of rotatable bonds is 5. The molecule has 0 aromatic heterocycles. The van der Waals surface area contributed by atoms with Crippen molar-refractivity contribution in [2.75, 3.05) is 19.7 Å². The number of halogens is 3. The predicted octanol–water partition coefficient (Wildman–Crippen LogP) is 2.09.